The van der Waals surface area contributed by atoms with Crippen molar-refractivity contribution in [1.29, 1.82) is 0 Å². The van der Waals surface area contributed by atoms with Gasteiger partial charge in [-0.25, -0.2) is 15.0 Å². The van der Waals surface area contributed by atoms with Crippen molar-refractivity contribution < 1.29 is 6.85 Å². The molecule has 0 saturated heterocycles. The van der Waals surface area contributed by atoms with Crippen LogP contribution < -0.4 is 0 Å². The average Bonchev–Trinajstić information content (AvgIpc) is 3.47. The molecule has 202 valence electrons. The Morgan fingerprint density at radius 1 is 0.419 bits per heavy atom. The van der Waals surface area contributed by atoms with E-state index in [4.69, 9.17) is 21.8 Å². The molecule has 43 heavy (non-hydrogen) atoms. The molecule has 6 aromatic carbocycles. The van der Waals surface area contributed by atoms with Crippen molar-refractivity contribution in [2.75, 3.05) is 0 Å². The summed E-state index contributed by atoms with van der Waals surface area (Å²) in [6, 6.07) is 39.9. The minimum absolute atomic E-state index is 0.0494. The highest BCUT2D eigenvalue weighted by molar-refractivity contribution is 6.09. The van der Waals surface area contributed by atoms with Crippen LogP contribution in [-0.2, 0) is 0 Å². The quantitative estimate of drug-likeness (QED) is 0.212. The molecule has 0 aliphatic heterocycles. The first kappa shape index (κ1) is 20.1. The van der Waals surface area contributed by atoms with Gasteiger partial charge >= 0.3 is 0 Å². The summed E-state index contributed by atoms with van der Waals surface area (Å²) in [5.74, 6) is 1.49. The first-order valence-corrected chi connectivity index (χ1v) is 14.0. The molecular weight excluding hydrogens is 524 g/mol. The number of para-hydroxylation sites is 2. The molecule has 2 aromatic heterocycles. The maximum atomic E-state index is 8.96. The Balaban J connectivity index is 1.47. The third kappa shape index (κ3) is 4.55. The van der Waals surface area contributed by atoms with Gasteiger partial charge in [0.05, 0.1) is 17.9 Å². The molecule has 0 atom stereocenters. The Kier molecular flexibility index (Phi) is 4.91. The lowest BCUT2D eigenvalue weighted by atomic mass is 10.0. The Morgan fingerprint density at radius 2 is 0.930 bits per heavy atom. The average molecular weight is 556 g/mol. The maximum absolute atomic E-state index is 8.96. The summed E-state index contributed by atoms with van der Waals surface area (Å²) in [6.45, 7) is 0. The fourth-order valence-corrected chi connectivity index (χ4v) is 5.45. The monoisotopic (exact) mass is 555 g/mol. The van der Waals surface area contributed by atoms with Crippen molar-refractivity contribution in [1.82, 2.24) is 19.5 Å². The van der Waals surface area contributed by atoms with Crippen molar-refractivity contribution in [3.05, 3.63) is 158 Å². The molecule has 0 bridgehead atoms. The summed E-state index contributed by atoms with van der Waals surface area (Å²) in [7, 11) is 0. The van der Waals surface area contributed by atoms with Crippen LogP contribution in [0.3, 0.4) is 0 Å². The van der Waals surface area contributed by atoms with Gasteiger partial charge in [0.25, 0.3) is 0 Å². The van der Waals surface area contributed by atoms with Gasteiger partial charge in [-0.1, -0.05) is 127 Å². The number of nitrogens with zero attached hydrogens (tertiary/aromatic N) is 4. The van der Waals surface area contributed by atoms with E-state index in [9.17, 15) is 0 Å². The predicted molar refractivity (Wildman–Crippen MR) is 176 cm³/mol. The Labute approximate surface area is 256 Å². The third-order valence-corrected chi connectivity index (χ3v) is 7.45. The summed E-state index contributed by atoms with van der Waals surface area (Å²) in [4.78, 5) is 14.8. The van der Waals surface area contributed by atoms with Crippen LogP contribution in [0.15, 0.2) is 158 Å². The van der Waals surface area contributed by atoms with Crippen LogP contribution >= 0.6 is 0 Å². The second kappa shape index (κ2) is 10.5. The van der Waals surface area contributed by atoms with E-state index in [0.29, 0.717) is 50.5 Å². The van der Waals surface area contributed by atoms with Crippen LogP contribution in [0.25, 0.3) is 72.8 Å². The van der Waals surface area contributed by atoms with Gasteiger partial charge in [0.1, 0.15) is 0 Å². The van der Waals surface area contributed by atoms with Gasteiger partial charge in [-0.2, -0.15) is 0 Å². The maximum Gasteiger partial charge on any atom is 0.164 e. The van der Waals surface area contributed by atoms with E-state index in [1.165, 1.54) is 12.1 Å². The molecule has 0 radical (unpaired) electrons. The standard InChI is InChI=1S/C39H26N4/c1-4-14-27(15-5-1)30-24-31(26-32(25-30)43-35-22-12-10-20-33(35)34-21-11-13-23-36(34)43)39-41-37(28-16-6-2-7-17-28)40-38(42-39)29-18-8-3-9-19-29/h1-26H/i10D,11D,20D,22D,23D. The Hall–Kier alpha value is -5.87. The summed E-state index contributed by atoms with van der Waals surface area (Å²) in [6.07, 6.45) is 0. The van der Waals surface area contributed by atoms with Gasteiger partial charge in [-0.3, -0.25) is 0 Å². The molecule has 0 N–H and O–H groups in total. The summed E-state index contributed by atoms with van der Waals surface area (Å²) >= 11 is 0. The highest BCUT2D eigenvalue weighted by atomic mass is 15.0. The van der Waals surface area contributed by atoms with Gasteiger partial charge in [0, 0.05) is 33.2 Å². The first-order valence-electron chi connectivity index (χ1n) is 16.5. The van der Waals surface area contributed by atoms with E-state index < -0.39 is 0 Å². The van der Waals surface area contributed by atoms with Crippen LogP contribution in [0.5, 0.6) is 0 Å². The number of aromatic nitrogens is 4. The van der Waals surface area contributed by atoms with Crippen molar-refractivity contribution >= 4 is 21.8 Å². The van der Waals surface area contributed by atoms with Crippen LogP contribution in [0.2, 0.25) is 0 Å². The number of hydrogen-bond donors (Lipinski definition) is 0. The lowest BCUT2D eigenvalue weighted by Gasteiger charge is -2.14. The van der Waals surface area contributed by atoms with Crippen LogP contribution in [0.1, 0.15) is 6.85 Å². The lowest BCUT2D eigenvalue weighted by Crippen LogP contribution is -2.01. The Morgan fingerprint density at radius 3 is 1.56 bits per heavy atom. The van der Waals surface area contributed by atoms with Crippen molar-refractivity contribution in [2.24, 2.45) is 0 Å². The number of hydrogen-bond acceptors (Lipinski definition) is 3. The van der Waals surface area contributed by atoms with Gasteiger partial charge in [0.2, 0.25) is 0 Å². The van der Waals surface area contributed by atoms with Gasteiger partial charge in [-0.05, 0) is 41.4 Å². The zero-order valence-electron chi connectivity index (χ0n) is 27.9. The Bertz CT molecular complexity index is 2440. The third-order valence-electron chi connectivity index (χ3n) is 7.45. The minimum Gasteiger partial charge on any atom is -0.309 e. The first-order chi connectivity index (χ1) is 23.4. The minimum atomic E-state index is -0.0840. The summed E-state index contributed by atoms with van der Waals surface area (Å²) in [5.41, 5.74) is 5.67. The van der Waals surface area contributed by atoms with Crippen LogP contribution in [-0.4, -0.2) is 19.5 Å². The zero-order valence-corrected chi connectivity index (χ0v) is 22.9. The van der Waals surface area contributed by atoms with Crippen molar-refractivity contribution in [3.8, 4) is 51.0 Å². The molecule has 4 nitrogen and oxygen atoms in total. The smallest absolute Gasteiger partial charge is 0.164 e. The number of rotatable bonds is 5. The second-order valence-corrected chi connectivity index (χ2v) is 10.2. The molecule has 0 unspecified atom stereocenters. The highest BCUT2D eigenvalue weighted by Crippen LogP contribution is 2.36. The van der Waals surface area contributed by atoms with Crippen molar-refractivity contribution in [2.45, 2.75) is 0 Å². The molecule has 4 heteroatoms. The molecule has 0 saturated carbocycles. The molecule has 0 fully saturated rings. The molecule has 0 amide bonds. The van der Waals surface area contributed by atoms with Crippen LogP contribution in [0, 0.1) is 0 Å². The van der Waals surface area contributed by atoms with E-state index in [1.54, 1.807) is 10.6 Å². The van der Waals surface area contributed by atoms with Crippen molar-refractivity contribution in [3.63, 3.8) is 0 Å². The van der Waals surface area contributed by atoms with Gasteiger partial charge in [0.15, 0.2) is 17.5 Å². The van der Waals surface area contributed by atoms with E-state index in [0.717, 1.165) is 22.3 Å². The highest BCUT2D eigenvalue weighted by Gasteiger charge is 2.17. The molecule has 8 rings (SSSR count). The van der Waals surface area contributed by atoms with Gasteiger partial charge < -0.3 is 4.57 Å². The summed E-state index contributed by atoms with van der Waals surface area (Å²) in [5, 5.41) is 0.856. The molecular formula is C39H26N4. The fourth-order valence-electron chi connectivity index (χ4n) is 5.45. The van der Waals surface area contributed by atoms with E-state index in [2.05, 4.69) is 0 Å². The van der Waals surface area contributed by atoms with E-state index in [1.807, 2.05) is 109 Å². The molecule has 0 spiro atoms. The molecule has 8 aromatic rings. The molecule has 2 heterocycles. The normalized spacial score (nSPS) is 12.9. The number of fused-ring (bicyclic) bond motifs is 3. The second-order valence-electron chi connectivity index (χ2n) is 10.2. The predicted octanol–water partition coefficient (Wildman–Crippen LogP) is 9.64. The SMILES string of the molecule is [2H]c1cc([2H])c2c(c1)c1c([2H])c([2H])cc([2H])c1n2-c1cc(-c2ccccc2)cc(-c2nc(-c3ccccc3)nc(-c3ccccc3)n2)c1. The number of benzene rings is 6. The zero-order chi connectivity index (χ0) is 32.9. The van der Waals surface area contributed by atoms with E-state index >= 15 is 0 Å². The summed E-state index contributed by atoms with van der Waals surface area (Å²) < 4.78 is 45.3. The van der Waals surface area contributed by atoms with E-state index in [-0.39, 0.29) is 30.2 Å². The lowest BCUT2D eigenvalue weighted by molar-refractivity contribution is 1.07. The molecule has 0 aliphatic carbocycles. The molecule has 0 aliphatic rings. The van der Waals surface area contributed by atoms with Crippen LogP contribution in [0.4, 0.5) is 0 Å². The topological polar surface area (TPSA) is 43.6 Å². The largest absolute Gasteiger partial charge is 0.309 e. The van der Waals surface area contributed by atoms with Gasteiger partial charge in [-0.15, -0.1) is 0 Å². The fraction of sp³-hybridized carbons (Fsp3) is 0.